The maximum atomic E-state index is 9.32. The molecule has 4 heteroatoms. The van der Waals surface area contributed by atoms with Crippen molar-refractivity contribution in [2.75, 3.05) is 25.1 Å². The number of benzene rings is 1. The molecule has 1 heterocycles. The highest BCUT2D eigenvalue weighted by Crippen LogP contribution is 2.33. The van der Waals surface area contributed by atoms with E-state index in [0.717, 1.165) is 36.7 Å². The first-order chi connectivity index (χ1) is 9.73. The normalized spacial score (nSPS) is 22.4. The van der Waals surface area contributed by atoms with Crippen molar-refractivity contribution in [3.05, 3.63) is 23.8 Å². The van der Waals surface area contributed by atoms with Crippen LogP contribution in [0.25, 0.3) is 0 Å². The van der Waals surface area contributed by atoms with Crippen LogP contribution in [0.2, 0.25) is 0 Å². The second-order valence-corrected chi connectivity index (χ2v) is 5.38. The van der Waals surface area contributed by atoms with Crippen molar-refractivity contribution in [2.24, 2.45) is 11.7 Å². The Balaban J connectivity index is 2.32. The molecule has 1 aromatic rings. The van der Waals surface area contributed by atoms with Crippen molar-refractivity contribution in [3.63, 3.8) is 0 Å². The van der Waals surface area contributed by atoms with Gasteiger partial charge in [-0.05, 0) is 30.9 Å². The van der Waals surface area contributed by atoms with Crippen LogP contribution in [0.4, 0.5) is 5.69 Å². The van der Waals surface area contributed by atoms with E-state index in [-0.39, 0.29) is 0 Å². The SMILES string of the molecule is CCC1CCN(c2cc(OC)ccc2C#N)C(CN)C1. The third-order valence-corrected chi connectivity index (χ3v) is 4.31. The van der Waals surface area contributed by atoms with Crippen LogP contribution in [-0.4, -0.2) is 26.2 Å². The van der Waals surface area contributed by atoms with Gasteiger partial charge in [-0.25, -0.2) is 0 Å². The molecule has 2 N–H and O–H groups in total. The molecule has 2 atom stereocenters. The zero-order valence-corrected chi connectivity index (χ0v) is 12.3. The standard InChI is InChI=1S/C16H23N3O/c1-3-12-6-7-19(14(8-12)11-18)16-9-15(20-2)5-4-13(16)10-17/h4-5,9,12,14H,3,6-8,11,18H2,1-2H3. The van der Waals surface area contributed by atoms with E-state index in [0.29, 0.717) is 18.2 Å². The van der Waals surface area contributed by atoms with Gasteiger partial charge in [0.25, 0.3) is 0 Å². The predicted octanol–water partition coefficient (Wildman–Crippen LogP) is 2.52. The van der Waals surface area contributed by atoms with Gasteiger partial charge in [0, 0.05) is 25.2 Å². The second kappa shape index (κ2) is 6.62. The third-order valence-electron chi connectivity index (χ3n) is 4.31. The van der Waals surface area contributed by atoms with Crippen LogP contribution < -0.4 is 15.4 Å². The minimum atomic E-state index is 0.313. The van der Waals surface area contributed by atoms with Gasteiger partial charge in [-0.1, -0.05) is 13.3 Å². The summed E-state index contributed by atoms with van der Waals surface area (Å²) in [6.45, 7) is 3.82. The molecule has 1 aliphatic rings. The van der Waals surface area contributed by atoms with Crippen LogP contribution in [0.1, 0.15) is 31.7 Å². The molecule has 2 rings (SSSR count). The molecule has 4 nitrogen and oxygen atoms in total. The lowest BCUT2D eigenvalue weighted by molar-refractivity contribution is 0.335. The van der Waals surface area contributed by atoms with Crippen LogP contribution in [0.15, 0.2) is 18.2 Å². The summed E-state index contributed by atoms with van der Waals surface area (Å²) in [6.07, 6.45) is 3.47. The summed E-state index contributed by atoms with van der Waals surface area (Å²) in [5, 5.41) is 9.32. The lowest BCUT2D eigenvalue weighted by Gasteiger charge is -2.40. The Morgan fingerprint density at radius 1 is 1.50 bits per heavy atom. The fraction of sp³-hybridized carbons (Fsp3) is 0.562. The molecule has 1 fully saturated rings. The lowest BCUT2D eigenvalue weighted by atomic mass is 9.88. The zero-order valence-electron chi connectivity index (χ0n) is 12.3. The topological polar surface area (TPSA) is 62.3 Å². The summed E-state index contributed by atoms with van der Waals surface area (Å²) in [7, 11) is 1.65. The second-order valence-electron chi connectivity index (χ2n) is 5.38. The van der Waals surface area contributed by atoms with Gasteiger partial charge in [0.05, 0.1) is 18.4 Å². The molecule has 1 aliphatic heterocycles. The highest BCUT2D eigenvalue weighted by atomic mass is 16.5. The third kappa shape index (κ3) is 2.88. The van der Waals surface area contributed by atoms with Crippen LogP contribution in [0, 0.1) is 17.2 Å². The molecular formula is C16H23N3O. The molecule has 0 aromatic heterocycles. The summed E-state index contributed by atoms with van der Waals surface area (Å²) in [5.41, 5.74) is 7.60. The summed E-state index contributed by atoms with van der Waals surface area (Å²) in [5.74, 6) is 1.53. The maximum absolute atomic E-state index is 9.32. The smallest absolute Gasteiger partial charge is 0.121 e. The molecular weight excluding hydrogens is 250 g/mol. The molecule has 20 heavy (non-hydrogen) atoms. The van der Waals surface area contributed by atoms with E-state index in [2.05, 4.69) is 17.9 Å². The van der Waals surface area contributed by atoms with Crippen molar-refractivity contribution in [1.29, 1.82) is 5.26 Å². The molecule has 0 aliphatic carbocycles. The van der Waals surface area contributed by atoms with Crippen molar-refractivity contribution < 1.29 is 4.74 Å². The van der Waals surface area contributed by atoms with Gasteiger partial charge in [0.2, 0.25) is 0 Å². The van der Waals surface area contributed by atoms with Crippen LogP contribution in [-0.2, 0) is 0 Å². The van der Waals surface area contributed by atoms with E-state index in [1.807, 2.05) is 18.2 Å². The maximum Gasteiger partial charge on any atom is 0.121 e. The van der Waals surface area contributed by atoms with Crippen molar-refractivity contribution >= 4 is 5.69 Å². The molecule has 0 spiro atoms. The van der Waals surface area contributed by atoms with E-state index in [9.17, 15) is 5.26 Å². The molecule has 2 unspecified atom stereocenters. The van der Waals surface area contributed by atoms with Gasteiger partial charge in [-0.15, -0.1) is 0 Å². The Morgan fingerprint density at radius 3 is 2.90 bits per heavy atom. The lowest BCUT2D eigenvalue weighted by Crippen LogP contribution is -2.47. The summed E-state index contributed by atoms with van der Waals surface area (Å²) >= 11 is 0. The number of hydrogen-bond donors (Lipinski definition) is 1. The average molecular weight is 273 g/mol. The first kappa shape index (κ1) is 14.7. The number of nitrogens with two attached hydrogens (primary N) is 1. The number of methoxy groups -OCH3 is 1. The number of anilines is 1. The fourth-order valence-corrected chi connectivity index (χ4v) is 3.02. The van der Waals surface area contributed by atoms with Gasteiger partial charge >= 0.3 is 0 Å². The summed E-state index contributed by atoms with van der Waals surface area (Å²) in [6, 6.07) is 8.20. The number of rotatable bonds is 4. The van der Waals surface area contributed by atoms with Gasteiger partial charge in [0.15, 0.2) is 0 Å². The van der Waals surface area contributed by atoms with Crippen LogP contribution in [0.5, 0.6) is 5.75 Å². The van der Waals surface area contributed by atoms with E-state index >= 15 is 0 Å². The minimum Gasteiger partial charge on any atom is -0.497 e. The predicted molar refractivity (Wildman–Crippen MR) is 80.9 cm³/mol. The first-order valence-corrected chi connectivity index (χ1v) is 7.28. The average Bonchev–Trinajstić information content (AvgIpc) is 2.53. The Kier molecular flexibility index (Phi) is 4.86. The Morgan fingerprint density at radius 2 is 2.30 bits per heavy atom. The van der Waals surface area contributed by atoms with Crippen molar-refractivity contribution in [1.82, 2.24) is 0 Å². The quantitative estimate of drug-likeness (QED) is 0.915. The van der Waals surface area contributed by atoms with Crippen molar-refractivity contribution in [3.8, 4) is 11.8 Å². The number of ether oxygens (including phenoxy) is 1. The van der Waals surface area contributed by atoms with Gasteiger partial charge in [0.1, 0.15) is 11.8 Å². The van der Waals surface area contributed by atoms with Crippen LogP contribution >= 0.6 is 0 Å². The molecule has 0 bridgehead atoms. The number of nitrogens with zero attached hydrogens (tertiary/aromatic N) is 2. The summed E-state index contributed by atoms with van der Waals surface area (Å²) < 4.78 is 5.29. The number of hydrogen-bond acceptors (Lipinski definition) is 4. The molecule has 108 valence electrons. The number of piperidine rings is 1. The molecule has 0 amide bonds. The largest absolute Gasteiger partial charge is 0.497 e. The fourth-order valence-electron chi connectivity index (χ4n) is 3.02. The molecule has 1 saturated heterocycles. The van der Waals surface area contributed by atoms with Crippen LogP contribution in [0.3, 0.4) is 0 Å². The minimum absolute atomic E-state index is 0.313. The molecule has 0 saturated carbocycles. The summed E-state index contributed by atoms with van der Waals surface area (Å²) in [4.78, 5) is 2.28. The van der Waals surface area contributed by atoms with Gasteiger partial charge in [-0.3, -0.25) is 0 Å². The van der Waals surface area contributed by atoms with Gasteiger partial charge < -0.3 is 15.4 Å². The molecule has 1 aromatic carbocycles. The van der Waals surface area contributed by atoms with E-state index in [1.54, 1.807) is 7.11 Å². The Hall–Kier alpha value is -1.73. The zero-order chi connectivity index (χ0) is 14.5. The Labute approximate surface area is 121 Å². The highest BCUT2D eigenvalue weighted by molar-refractivity contribution is 5.63. The van der Waals surface area contributed by atoms with E-state index < -0.39 is 0 Å². The Bertz CT molecular complexity index is 495. The number of nitriles is 1. The van der Waals surface area contributed by atoms with E-state index in [4.69, 9.17) is 10.5 Å². The monoisotopic (exact) mass is 273 g/mol. The van der Waals surface area contributed by atoms with Gasteiger partial charge in [-0.2, -0.15) is 5.26 Å². The van der Waals surface area contributed by atoms with Crippen molar-refractivity contribution in [2.45, 2.75) is 32.2 Å². The molecule has 0 radical (unpaired) electrons. The van der Waals surface area contributed by atoms with E-state index in [1.165, 1.54) is 6.42 Å². The first-order valence-electron chi connectivity index (χ1n) is 7.28. The highest BCUT2D eigenvalue weighted by Gasteiger charge is 2.28.